The Morgan fingerprint density at radius 2 is 1.54 bits per heavy atom. The summed E-state index contributed by atoms with van der Waals surface area (Å²) in [7, 11) is 0.681. The number of carbonyl (C=O) groups excluding carboxylic acids is 3. The number of hydrogen-bond acceptors (Lipinski definition) is 7. The van der Waals surface area contributed by atoms with Crippen molar-refractivity contribution in [2.45, 2.75) is 69.2 Å². The number of ether oxygens (including phenoxy) is 3. The summed E-state index contributed by atoms with van der Waals surface area (Å²) in [4.78, 5) is 49.8. The molecule has 10 nitrogen and oxygen atoms in total. The van der Waals surface area contributed by atoms with E-state index in [-0.39, 0.29) is 54.8 Å². The van der Waals surface area contributed by atoms with E-state index in [1.165, 1.54) is 0 Å². The summed E-state index contributed by atoms with van der Waals surface area (Å²) in [5.74, 6) is 0.604. The molecule has 0 aliphatic carbocycles. The number of anilines is 3. The van der Waals surface area contributed by atoms with Crippen LogP contribution in [0.5, 0.6) is 11.5 Å². The van der Waals surface area contributed by atoms with Crippen LogP contribution in [0.2, 0.25) is 18.6 Å². The zero-order valence-corrected chi connectivity index (χ0v) is 37.2. The number of carbonyl (C=O) groups is 3. The third-order valence-electron chi connectivity index (χ3n) is 14.4. The average molecular weight is 858 g/mol. The van der Waals surface area contributed by atoms with Crippen molar-refractivity contribution >= 4 is 58.8 Å². The van der Waals surface area contributed by atoms with Crippen LogP contribution in [0.1, 0.15) is 46.0 Å². The Bertz CT molecular complexity index is 2800. The Morgan fingerprint density at radius 3 is 2.29 bits per heavy atom. The molecule has 1 fully saturated rings. The van der Waals surface area contributed by atoms with Crippen LogP contribution >= 0.6 is 0 Å². The van der Waals surface area contributed by atoms with E-state index in [2.05, 4.69) is 38.2 Å². The van der Waals surface area contributed by atoms with Gasteiger partial charge in [-0.25, -0.2) is 0 Å². The predicted molar refractivity (Wildman–Crippen MR) is 247 cm³/mol. The van der Waals surface area contributed by atoms with Gasteiger partial charge in [0.05, 0.1) is 70.9 Å². The second-order valence-corrected chi connectivity index (χ2v) is 22.6. The van der Waals surface area contributed by atoms with E-state index in [4.69, 9.17) is 14.2 Å². The van der Waals surface area contributed by atoms with Crippen LogP contribution in [-0.4, -0.2) is 68.8 Å². The minimum atomic E-state index is -2.59. The smallest absolute Gasteiger partial charge is 0.264 e. The second kappa shape index (κ2) is 15.5. The first kappa shape index (κ1) is 40.8. The Hall–Kier alpha value is -6.27. The lowest BCUT2D eigenvalue weighted by molar-refractivity contribution is -0.151. The Balaban J connectivity index is 1.03. The molecule has 5 atom stereocenters. The van der Waals surface area contributed by atoms with Crippen LogP contribution in [0, 0.1) is 5.92 Å². The molecule has 1 saturated heterocycles. The molecule has 3 amide bonds. The molecule has 4 heterocycles. The number of fused-ring (bicyclic) bond motifs is 3. The fourth-order valence-electron chi connectivity index (χ4n) is 11.3. The van der Waals surface area contributed by atoms with Crippen molar-refractivity contribution in [3.63, 3.8) is 0 Å². The maximum atomic E-state index is 15.7. The summed E-state index contributed by atoms with van der Waals surface area (Å²) >= 11 is 0. The van der Waals surface area contributed by atoms with Gasteiger partial charge < -0.3 is 29.1 Å². The number of aliphatic hydroxyl groups excluding tert-OH is 1. The highest BCUT2D eigenvalue weighted by Crippen LogP contribution is 2.61. The normalized spacial score (nSPS) is 22.5. The third-order valence-corrected chi connectivity index (χ3v) is 18.7. The summed E-state index contributed by atoms with van der Waals surface area (Å²) in [6, 6.07) is 41.2. The minimum Gasteiger partial charge on any atom is -0.497 e. The van der Waals surface area contributed by atoms with E-state index in [1.807, 2.05) is 109 Å². The summed E-state index contributed by atoms with van der Waals surface area (Å²) in [5, 5.41) is 13.7. The van der Waals surface area contributed by atoms with Gasteiger partial charge in [0.2, 0.25) is 5.91 Å². The first-order chi connectivity index (χ1) is 30.5. The quantitative estimate of drug-likeness (QED) is 0.138. The van der Waals surface area contributed by atoms with Crippen molar-refractivity contribution in [1.82, 2.24) is 4.90 Å². The lowest BCUT2D eigenvalue weighted by atomic mass is 9.82. The molecule has 0 radical (unpaired) electrons. The van der Waals surface area contributed by atoms with Crippen LogP contribution in [-0.2, 0) is 39.4 Å². The van der Waals surface area contributed by atoms with Crippen LogP contribution in [0.3, 0.4) is 0 Å². The summed E-state index contributed by atoms with van der Waals surface area (Å²) in [6.45, 7) is 7.19. The zero-order chi connectivity index (χ0) is 43.8. The van der Waals surface area contributed by atoms with E-state index in [0.717, 1.165) is 55.5 Å². The maximum absolute atomic E-state index is 15.7. The van der Waals surface area contributed by atoms with E-state index in [1.54, 1.807) is 28.9 Å². The highest BCUT2D eigenvalue weighted by molar-refractivity contribution is 6.91. The zero-order valence-electron chi connectivity index (χ0n) is 36.2. The topological polar surface area (TPSA) is 109 Å². The van der Waals surface area contributed by atoms with Crippen molar-refractivity contribution in [3.05, 3.63) is 155 Å². The SMILES string of the molecule is COc1ccc([Si](C)(C)[C@H]2[C@H](CC(=O)N3Cc4ccccc4C[C@H]3CO)O[C@@]3(C(=O)N(Cc4cccc(N5C(=O)c6cccc7cccc5c67)c4)c4ccc(OC)cc43)[C@@H]2C)cc1. The molecule has 11 heteroatoms. The molecule has 0 saturated carbocycles. The highest BCUT2D eigenvalue weighted by atomic mass is 28.3. The molecular formula is C52H51N3O7Si. The van der Waals surface area contributed by atoms with E-state index >= 15 is 4.79 Å². The summed E-state index contributed by atoms with van der Waals surface area (Å²) < 4.78 is 18.7. The van der Waals surface area contributed by atoms with Gasteiger partial charge in [0.25, 0.3) is 11.8 Å². The molecule has 1 N–H and O–H groups in total. The maximum Gasteiger partial charge on any atom is 0.264 e. The Kier molecular flexibility index (Phi) is 10.0. The van der Waals surface area contributed by atoms with Gasteiger partial charge in [0.1, 0.15) is 11.5 Å². The van der Waals surface area contributed by atoms with Crippen molar-refractivity contribution in [1.29, 1.82) is 0 Å². The van der Waals surface area contributed by atoms with Gasteiger partial charge in [0.15, 0.2) is 5.60 Å². The van der Waals surface area contributed by atoms with Crippen LogP contribution in [0.25, 0.3) is 10.8 Å². The monoisotopic (exact) mass is 857 g/mol. The predicted octanol–water partition coefficient (Wildman–Crippen LogP) is 8.25. The van der Waals surface area contributed by atoms with E-state index < -0.39 is 19.8 Å². The van der Waals surface area contributed by atoms with Crippen molar-refractivity contribution in [3.8, 4) is 11.5 Å². The van der Waals surface area contributed by atoms with E-state index in [0.29, 0.717) is 29.8 Å². The van der Waals surface area contributed by atoms with Crippen molar-refractivity contribution in [2.24, 2.45) is 5.92 Å². The molecule has 63 heavy (non-hydrogen) atoms. The number of aliphatic hydroxyl groups is 1. The number of nitrogens with zero attached hydrogens (tertiary/aromatic N) is 3. The summed E-state index contributed by atoms with van der Waals surface area (Å²) in [5.41, 5.74) is 5.09. The Morgan fingerprint density at radius 1 is 0.825 bits per heavy atom. The second-order valence-electron chi connectivity index (χ2n) is 18.0. The van der Waals surface area contributed by atoms with Gasteiger partial charge in [-0.2, -0.15) is 0 Å². The largest absolute Gasteiger partial charge is 0.497 e. The van der Waals surface area contributed by atoms with E-state index in [9.17, 15) is 14.7 Å². The van der Waals surface area contributed by atoms with Crippen molar-refractivity contribution < 1.29 is 33.7 Å². The molecule has 6 aromatic carbocycles. The standard InChI is InChI=1S/C52H51N3O7Si/c1-32-49(63(4,5)41-22-19-39(60-2)20-23-41)46(28-47(57)53-30-36-13-7-6-12-35(36)26-38(53)31-56)62-52(32)43-27-40(61-3)21-24-44(43)54(51(52)59)29-33-11-8-16-37(25-33)55-45-18-10-15-34-14-9-17-42(48(34)45)50(55)58/h6-25,27,32,38,46,49,56H,26,28-31H2,1-5H3/t32-,38+,46+,49-,52+/m1/s1. The summed E-state index contributed by atoms with van der Waals surface area (Å²) in [6.07, 6.45) is -0.00390. The molecule has 0 unspecified atom stereocenters. The number of amides is 3. The van der Waals surface area contributed by atoms with Crippen LogP contribution in [0.4, 0.5) is 17.1 Å². The average Bonchev–Trinajstić information content (AvgIpc) is 3.86. The van der Waals surface area contributed by atoms with Gasteiger partial charge in [-0.05, 0) is 88.6 Å². The highest BCUT2D eigenvalue weighted by Gasteiger charge is 2.66. The molecule has 0 bridgehead atoms. The van der Waals surface area contributed by atoms with Gasteiger partial charge in [-0.3, -0.25) is 19.3 Å². The van der Waals surface area contributed by atoms with Gasteiger partial charge in [-0.1, -0.05) is 98.0 Å². The molecule has 6 aromatic rings. The molecule has 0 aromatic heterocycles. The Labute approximate surface area is 368 Å². The number of rotatable bonds is 10. The minimum absolute atomic E-state index is 0.0512. The van der Waals surface area contributed by atoms with Gasteiger partial charge in [0, 0.05) is 29.1 Å². The lowest BCUT2D eigenvalue weighted by Crippen LogP contribution is -2.52. The molecule has 1 spiro atoms. The number of benzene rings is 6. The van der Waals surface area contributed by atoms with Crippen LogP contribution in [0.15, 0.2) is 127 Å². The first-order valence-electron chi connectivity index (χ1n) is 21.7. The third kappa shape index (κ3) is 6.38. The van der Waals surface area contributed by atoms with Crippen molar-refractivity contribution in [2.75, 3.05) is 30.6 Å². The molecule has 10 rings (SSSR count). The molecule has 4 aliphatic heterocycles. The van der Waals surface area contributed by atoms with Gasteiger partial charge >= 0.3 is 0 Å². The van der Waals surface area contributed by atoms with Gasteiger partial charge in [-0.15, -0.1) is 0 Å². The van der Waals surface area contributed by atoms with Crippen LogP contribution < -0.4 is 24.5 Å². The lowest BCUT2D eigenvalue weighted by Gasteiger charge is -2.39. The molecule has 320 valence electrons. The fourth-order valence-corrected chi connectivity index (χ4v) is 15.3. The molecule has 4 aliphatic rings. The number of methoxy groups -OCH3 is 2. The fraction of sp³-hybridized carbons (Fsp3) is 0.288. The molecular weight excluding hydrogens is 807 g/mol. The number of hydrogen-bond donors (Lipinski definition) is 1. The first-order valence-corrected chi connectivity index (χ1v) is 24.8.